The Labute approximate surface area is 149 Å². The first-order chi connectivity index (χ1) is 12.2. The molecule has 1 N–H and O–H groups in total. The average molecular weight is 355 g/mol. The largest absolute Gasteiger partial charge is 0.456 e. The lowest BCUT2D eigenvalue weighted by Crippen LogP contribution is -2.24. The molecule has 2 aromatic heterocycles. The summed E-state index contributed by atoms with van der Waals surface area (Å²) in [5.41, 5.74) is 0.354. The summed E-state index contributed by atoms with van der Waals surface area (Å²) in [4.78, 5) is 28.7. The number of carbonyl (C=O) groups is 1. The zero-order valence-corrected chi connectivity index (χ0v) is 14.6. The van der Waals surface area contributed by atoms with Crippen LogP contribution in [0, 0.1) is 5.82 Å². The number of esters is 1. The number of benzene rings is 1. The monoisotopic (exact) mass is 355 g/mol. The smallest absolute Gasteiger partial charge is 0.340 e. The van der Waals surface area contributed by atoms with Gasteiger partial charge in [-0.2, -0.15) is 0 Å². The van der Waals surface area contributed by atoms with Gasteiger partial charge >= 0.3 is 5.97 Å². The van der Waals surface area contributed by atoms with E-state index in [9.17, 15) is 14.0 Å². The molecule has 0 unspecified atom stereocenters. The van der Waals surface area contributed by atoms with Crippen LogP contribution in [0.4, 0.5) is 4.39 Å². The number of rotatable bonds is 3. The van der Waals surface area contributed by atoms with E-state index >= 15 is 0 Å². The van der Waals surface area contributed by atoms with Gasteiger partial charge in [-0.3, -0.25) is 9.89 Å². The maximum absolute atomic E-state index is 13.0. The molecule has 0 saturated carbocycles. The highest BCUT2D eigenvalue weighted by Gasteiger charge is 2.18. The van der Waals surface area contributed by atoms with E-state index in [1.54, 1.807) is 32.9 Å². The van der Waals surface area contributed by atoms with Crippen molar-refractivity contribution in [3.63, 3.8) is 0 Å². The summed E-state index contributed by atoms with van der Waals surface area (Å²) < 4.78 is 19.6. The van der Waals surface area contributed by atoms with Crippen molar-refractivity contribution in [2.75, 3.05) is 0 Å². The number of aromatic nitrogens is 3. The minimum absolute atomic E-state index is 0.294. The first-order valence-electron chi connectivity index (χ1n) is 8.01. The zero-order chi connectivity index (χ0) is 18.9. The molecule has 3 aromatic rings. The van der Waals surface area contributed by atoms with Crippen LogP contribution in [-0.4, -0.2) is 26.3 Å². The van der Waals surface area contributed by atoms with Crippen LogP contribution in [0.25, 0.3) is 16.9 Å². The third-order valence-electron chi connectivity index (χ3n) is 3.54. The summed E-state index contributed by atoms with van der Waals surface area (Å²) in [7, 11) is 0. The van der Waals surface area contributed by atoms with Gasteiger partial charge < -0.3 is 4.74 Å². The Balaban J connectivity index is 1.88. The van der Waals surface area contributed by atoms with E-state index in [-0.39, 0.29) is 11.4 Å². The Bertz CT molecular complexity index is 981. The molecule has 26 heavy (non-hydrogen) atoms. The van der Waals surface area contributed by atoms with Gasteiger partial charge in [0.05, 0.1) is 11.1 Å². The van der Waals surface area contributed by atoms with E-state index < -0.39 is 11.6 Å². The molecule has 0 aliphatic rings. The summed E-state index contributed by atoms with van der Waals surface area (Å²) in [6.07, 6.45) is 2.88. The van der Waals surface area contributed by atoms with Crippen molar-refractivity contribution >= 4 is 5.97 Å². The van der Waals surface area contributed by atoms with Crippen molar-refractivity contribution in [3.8, 4) is 16.9 Å². The molecule has 7 heteroatoms. The van der Waals surface area contributed by atoms with Gasteiger partial charge in [-0.1, -0.05) is 12.1 Å². The van der Waals surface area contributed by atoms with Crippen LogP contribution >= 0.6 is 0 Å². The number of carbonyl (C=O) groups excluding carboxylic acids is 1. The molecule has 0 atom stereocenters. The molecular weight excluding hydrogens is 337 g/mol. The van der Waals surface area contributed by atoms with Crippen LogP contribution in [0.5, 0.6) is 0 Å². The van der Waals surface area contributed by atoms with Crippen molar-refractivity contribution < 1.29 is 13.9 Å². The molecule has 1 aromatic carbocycles. The molecule has 0 radical (unpaired) electrons. The molecule has 0 saturated heterocycles. The molecule has 2 heterocycles. The second-order valence-electron chi connectivity index (χ2n) is 6.74. The van der Waals surface area contributed by atoms with Crippen molar-refractivity contribution in [2.24, 2.45) is 0 Å². The van der Waals surface area contributed by atoms with Crippen molar-refractivity contribution in [3.05, 3.63) is 70.5 Å². The molecule has 6 nitrogen and oxygen atoms in total. The molecular formula is C19H18FN3O3. The van der Waals surface area contributed by atoms with Crippen molar-refractivity contribution in [1.82, 2.24) is 14.8 Å². The molecule has 0 fully saturated rings. The molecule has 0 bridgehead atoms. The fraction of sp³-hybridized carbons (Fsp3) is 0.211. The van der Waals surface area contributed by atoms with E-state index in [4.69, 9.17) is 4.74 Å². The first-order valence-corrected chi connectivity index (χ1v) is 8.01. The van der Waals surface area contributed by atoms with Gasteiger partial charge in [0.25, 0.3) is 5.56 Å². The van der Waals surface area contributed by atoms with Gasteiger partial charge in [0.1, 0.15) is 11.4 Å². The normalized spacial score (nSPS) is 11.4. The van der Waals surface area contributed by atoms with Gasteiger partial charge in [0.15, 0.2) is 5.82 Å². The summed E-state index contributed by atoms with van der Waals surface area (Å²) >= 11 is 0. The van der Waals surface area contributed by atoms with E-state index in [1.807, 2.05) is 0 Å². The SMILES string of the molecule is CC(C)(C)OC(=O)c1ccc(-n2[nH]cc(-c3ccc(F)cc3)c2=O)nc1. The average Bonchev–Trinajstić information content (AvgIpc) is 2.96. The number of halogens is 1. The number of aromatic amines is 1. The van der Waals surface area contributed by atoms with Crippen LogP contribution in [0.15, 0.2) is 53.6 Å². The molecule has 0 aliphatic heterocycles. The zero-order valence-electron chi connectivity index (χ0n) is 14.6. The molecule has 0 amide bonds. The fourth-order valence-electron chi connectivity index (χ4n) is 2.35. The maximum atomic E-state index is 13.0. The van der Waals surface area contributed by atoms with Gasteiger partial charge in [-0.15, -0.1) is 0 Å². The molecule has 3 rings (SSSR count). The number of hydrogen-bond acceptors (Lipinski definition) is 4. The van der Waals surface area contributed by atoms with E-state index in [1.165, 1.54) is 41.3 Å². The highest BCUT2D eigenvalue weighted by molar-refractivity contribution is 5.89. The maximum Gasteiger partial charge on any atom is 0.340 e. The second-order valence-corrected chi connectivity index (χ2v) is 6.74. The summed E-state index contributed by atoms with van der Waals surface area (Å²) in [5, 5.41) is 2.82. The van der Waals surface area contributed by atoms with Crippen molar-refractivity contribution in [1.29, 1.82) is 0 Å². The summed E-state index contributed by atoms with van der Waals surface area (Å²) in [6, 6.07) is 8.74. The molecule has 0 spiro atoms. The number of nitrogens with one attached hydrogen (secondary N) is 1. The van der Waals surface area contributed by atoms with Crippen LogP contribution in [0.3, 0.4) is 0 Å². The van der Waals surface area contributed by atoms with Crippen LogP contribution in [-0.2, 0) is 4.74 Å². The quantitative estimate of drug-likeness (QED) is 0.731. The van der Waals surface area contributed by atoms with Gasteiger partial charge in [0.2, 0.25) is 0 Å². The standard InChI is InChI=1S/C19H18FN3O3/c1-19(2,3)26-18(25)13-6-9-16(21-10-13)23-17(24)15(11-22-23)12-4-7-14(20)8-5-12/h4-11,22H,1-3H3. The predicted octanol–water partition coefficient (Wildman–Crippen LogP) is 3.32. The van der Waals surface area contributed by atoms with Crippen LogP contribution < -0.4 is 5.56 Å². The van der Waals surface area contributed by atoms with Crippen LogP contribution in [0.1, 0.15) is 31.1 Å². The Morgan fingerprint density at radius 3 is 2.42 bits per heavy atom. The van der Waals surface area contributed by atoms with Crippen molar-refractivity contribution in [2.45, 2.75) is 26.4 Å². The van der Waals surface area contributed by atoms with Gasteiger partial charge in [0, 0.05) is 12.4 Å². The number of ether oxygens (including phenoxy) is 1. The van der Waals surface area contributed by atoms with Crippen LogP contribution in [0.2, 0.25) is 0 Å². The number of nitrogens with zero attached hydrogens (tertiary/aromatic N) is 2. The Morgan fingerprint density at radius 2 is 1.85 bits per heavy atom. The first kappa shape index (κ1) is 17.6. The minimum atomic E-state index is -0.601. The van der Waals surface area contributed by atoms with E-state index in [0.29, 0.717) is 22.5 Å². The highest BCUT2D eigenvalue weighted by atomic mass is 19.1. The lowest BCUT2D eigenvalue weighted by molar-refractivity contribution is 0.00691. The minimum Gasteiger partial charge on any atom is -0.456 e. The Kier molecular flexibility index (Phi) is 4.46. The van der Waals surface area contributed by atoms with E-state index in [2.05, 4.69) is 10.1 Å². The van der Waals surface area contributed by atoms with Gasteiger partial charge in [-0.05, 0) is 50.6 Å². The highest BCUT2D eigenvalue weighted by Crippen LogP contribution is 2.16. The van der Waals surface area contributed by atoms with E-state index in [0.717, 1.165) is 0 Å². The lowest BCUT2D eigenvalue weighted by atomic mass is 10.1. The lowest BCUT2D eigenvalue weighted by Gasteiger charge is -2.19. The topological polar surface area (TPSA) is 77.0 Å². The second kappa shape index (κ2) is 6.59. The van der Waals surface area contributed by atoms with Gasteiger partial charge in [-0.25, -0.2) is 18.9 Å². The number of pyridine rings is 1. The number of H-pyrrole nitrogens is 1. The predicted molar refractivity (Wildman–Crippen MR) is 94.7 cm³/mol. The Morgan fingerprint density at radius 1 is 1.15 bits per heavy atom. The Hall–Kier alpha value is -3.22. The summed E-state index contributed by atoms with van der Waals surface area (Å²) in [6.45, 7) is 5.34. The molecule has 134 valence electrons. The third kappa shape index (κ3) is 3.72. The fourth-order valence-corrected chi connectivity index (χ4v) is 2.35. The third-order valence-corrected chi connectivity index (χ3v) is 3.54. The molecule has 0 aliphatic carbocycles. The number of hydrogen-bond donors (Lipinski definition) is 1. The summed E-state index contributed by atoms with van der Waals surface area (Å²) in [5.74, 6) is -0.526.